The number of ether oxygens (including phenoxy) is 2. The lowest BCUT2D eigenvalue weighted by Crippen LogP contribution is -2.45. The van der Waals surface area contributed by atoms with Crippen LogP contribution in [0.1, 0.15) is 11.1 Å². The van der Waals surface area contributed by atoms with Crippen LogP contribution >= 0.6 is 0 Å². The van der Waals surface area contributed by atoms with Gasteiger partial charge in [-0.15, -0.1) is 0 Å². The molecule has 0 aromatic heterocycles. The molecule has 0 heterocycles. The van der Waals surface area contributed by atoms with Crippen molar-refractivity contribution in [2.75, 3.05) is 41.4 Å². The van der Waals surface area contributed by atoms with E-state index in [0.717, 1.165) is 23.3 Å². The Kier molecular flexibility index (Phi) is 12.4. The zero-order valence-corrected chi connectivity index (χ0v) is 22.3. The Balaban J connectivity index is 1.89. The van der Waals surface area contributed by atoms with Crippen LogP contribution in [-0.4, -0.2) is 87.3 Å². The summed E-state index contributed by atoms with van der Waals surface area (Å²) in [6, 6.07) is 17.4. The first-order chi connectivity index (χ1) is 18.1. The van der Waals surface area contributed by atoms with Crippen molar-refractivity contribution in [1.29, 1.82) is 0 Å². The molecule has 0 aliphatic carbocycles. The molecule has 0 aliphatic heterocycles. The van der Waals surface area contributed by atoms with Crippen LogP contribution < -0.4 is 10.6 Å². The first-order valence-corrected chi connectivity index (χ1v) is 12.2. The predicted molar refractivity (Wildman–Crippen MR) is 143 cm³/mol. The van der Waals surface area contributed by atoms with Crippen molar-refractivity contribution in [2.45, 2.75) is 24.9 Å². The summed E-state index contributed by atoms with van der Waals surface area (Å²) < 4.78 is 10.5. The molecule has 2 aromatic rings. The van der Waals surface area contributed by atoms with E-state index < -0.39 is 24.0 Å². The van der Waals surface area contributed by atoms with Gasteiger partial charge in [0, 0.05) is 40.3 Å². The van der Waals surface area contributed by atoms with Crippen molar-refractivity contribution in [2.24, 2.45) is 0 Å². The van der Waals surface area contributed by atoms with Gasteiger partial charge in [0.2, 0.25) is 0 Å². The lowest BCUT2D eigenvalue weighted by molar-refractivity contribution is -0.141. The molecule has 0 aliphatic rings. The van der Waals surface area contributed by atoms with Crippen LogP contribution in [0.25, 0.3) is 0 Å². The van der Waals surface area contributed by atoms with Gasteiger partial charge >= 0.3 is 24.0 Å². The van der Waals surface area contributed by atoms with Crippen molar-refractivity contribution in [1.82, 2.24) is 20.4 Å². The number of hydrogen-bond acceptors (Lipinski definition) is 6. The fraction of sp³-hybridized carbons (Fsp3) is 0.357. The first-order valence-electron chi connectivity index (χ1n) is 12.2. The van der Waals surface area contributed by atoms with Crippen LogP contribution in [0.3, 0.4) is 0 Å². The number of hydrogen-bond donors (Lipinski definition) is 2. The highest BCUT2D eigenvalue weighted by Gasteiger charge is 2.18. The molecule has 10 nitrogen and oxygen atoms in total. The molecule has 0 radical (unpaired) electrons. The van der Waals surface area contributed by atoms with Gasteiger partial charge in [-0.3, -0.25) is 0 Å². The Bertz CT molecular complexity index is 988. The molecule has 38 heavy (non-hydrogen) atoms. The third-order valence-corrected chi connectivity index (χ3v) is 5.33. The van der Waals surface area contributed by atoms with Crippen LogP contribution in [0.4, 0.5) is 9.59 Å². The van der Waals surface area contributed by atoms with E-state index in [1.165, 1.54) is 9.80 Å². The van der Waals surface area contributed by atoms with Crippen LogP contribution in [0.5, 0.6) is 0 Å². The number of rotatable bonds is 12. The number of carbonyl (C=O) groups is 4. The standard InChI is InChI=1S/C28H36N4O6/c1-31(2)27(35)29-23(17-21-11-7-5-8-12-21)19-37-25(33)15-16-26(34)38-20-24(30-28(36)32(3)4)18-22-13-9-6-10-14-22/h5-16,23-24H,17-20H2,1-4H3,(H,29,35)(H,30,36)/b16-15+/t23-,24-/m1/s1. The van der Waals surface area contributed by atoms with Crippen LogP contribution in [-0.2, 0) is 31.9 Å². The normalized spacial score (nSPS) is 12.2. The van der Waals surface area contributed by atoms with Gasteiger partial charge in [-0.2, -0.15) is 0 Å². The predicted octanol–water partition coefficient (Wildman–Crippen LogP) is 2.39. The molecule has 10 heteroatoms. The number of nitrogens with one attached hydrogen (secondary N) is 2. The average Bonchev–Trinajstić information content (AvgIpc) is 2.90. The Labute approximate surface area is 223 Å². The molecule has 0 spiro atoms. The lowest BCUT2D eigenvalue weighted by Gasteiger charge is -2.21. The maximum absolute atomic E-state index is 12.2. The summed E-state index contributed by atoms with van der Waals surface area (Å²) >= 11 is 0. The first kappa shape index (κ1) is 29.9. The molecule has 2 N–H and O–H groups in total. The largest absolute Gasteiger partial charge is 0.460 e. The Morgan fingerprint density at radius 3 is 1.32 bits per heavy atom. The quantitative estimate of drug-likeness (QED) is 0.325. The highest BCUT2D eigenvalue weighted by Crippen LogP contribution is 2.06. The summed E-state index contributed by atoms with van der Waals surface area (Å²) in [7, 11) is 6.47. The SMILES string of the molecule is CN(C)C(=O)N[C@@H](COC(=O)/C=C/C(=O)OC[C@@H](Cc1ccccc1)NC(=O)N(C)C)Cc1ccccc1. The second-order valence-electron chi connectivity index (χ2n) is 9.05. The van der Waals surface area contributed by atoms with Crippen LogP contribution in [0, 0.1) is 0 Å². The average molecular weight is 525 g/mol. The summed E-state index contributed by atoms with van der Waals surface area (Å²) in [6.45, 7) is -0.162. The van der Waals surface area contributed by atoms with Crippen molar-refractivity contribution in [3.8, 4) is 0 Å². The highest BCUT2D eigenvalue weighted by atomic mass is 16.5. The van der Waals surface area contributed by atoms with Gasteiger partial charge in [0.1, 0.15) is 13.2 Å². The molecule has 2 atom stereocenters. The number of esters is 2. The van der Waals surface area contributed by atoms with Gasteiger partial charge in [0.25, 0.3) is 0 Å². The minimum atomic E-state index is -0.749. The van der Waals surface area contributed by atoms with E-state index in [1.54, 1.807) is 28.2 Å². The lowest BCUT2D eigenvalue weighted by atomic mass is 10.1. The van der Waals surface area contributed by atoms with E-state index in [0.29, 0.717) is 12.8 Å². The molecule has 0 bridgehead atoms. The summed E-state index contributed by atoms with van der Waals surface area (Å²) in [4.78, 5) is 51.5. The molecule has 0 saturated carbocycles. The monoisotopic (exact) mass is 524 g/mol. The van der Waals surface area contributed by atoms with Gasteiger partial charge in [-0.25, -0.2) is 19.2 Å². The zero-order chi connectivity index (χ0) is 27.9. The van der Waals surface area contributed by atoms with Gasteiger partial charge < -0.3 is 29.9 Å². The fourth-order valence-corrected chi connectivity index (χ4v) is 3.31. The Morgan fingerprint density at radius 2 is 1.00 bits per heavy atom. The topological polar surface area (TPSA) is 117 Å². The van der Waals surface area contributed by atoms with Crippen molar-refractivity contribution >= 4 is 24.0 Å². The van der Waals surface area contributed by atoms with E-state index in [9.17, 15) is 19.2 Å². The van der Waals surface area contributed by atoms with E-state index in [-0.39, 0.29) is 25.3 Å². The number of urea groups is 2. The molecular formula is C28H36N4O6. The Hall–Kier alpha value is -4.34. The van der Waals surface area contributed by atoms with Gasteiger partial charge in [0.05, 0.1) is 12.1 Å². The minimum Gasteiger partial charge on any atom is -0.460 e. The fourth-order valence-electron chi connectivity index (χ4n) is 3.31. The summed E-state index contributed by atoms with van der Waals surface area (Å²) in [5.41, 5.74) is 1.94. The minimum absolute atomic E-state index is 0.0809. The molecule has 204 valence electrons. The third-order valence-electron chi connectivity index (χ3n) is 5.33. The summed E-state index contributed by atoms with van der Waals surface area (Å²) in [5, 5.41) is 5.63. The maximum Gasteiger partial charge on any atom is 0.331 e. The molecule has 0 unspecified atom stereocenters. The van der Waals surface area contributed by atoms with Gasteiger partial charge in [-0.05, 0) is 24.0 Å². The maximum atomic E-state index is 12.2. The van der Waals surface area contributed by atoms with E-state index in [4.69, 9.17) is 9.47 Å². The van der Waals surface area contributed by atoms with Crippen molar-refractivity contribution in [3.63, 3.8) is 0 Å². The second-order valence-corrected chi connectivity index (χ2v) is 9.05. The summed E-state index contributed by atoms with van der Waals surface area (Å²) in [5.74, 6) is -1.50. The number of benzene rings is 2. The van der Waals surface area contributed by atoms with E-state index >= 15 is 0 Å². The molecule has 0 fully saturated rings. The van der Waals surface area contributed by atoms with Gasteiger partial charge in [0.15, 0.2) is 0 Å². The smallest absolute Gasteiger partial charge is 0.331 e. The van der Waals surface area contributed by atoms with Crippen molar-refractivity contribution in [3.05, 3.63) is 83.9 Å². The van der Waals surface area contributed by atoms with Crippen LogP contribution in [0.15, 0.2) is 72.8 Å². The van der Waals surface area contributed by atoms with E-state index in [2.05, 4.69) is 10.6 Å². The number of nitrogens with zero attached hydrogens (tertiary/aromatic N) is 2. The third kappa shape index (κ3) is 11.6. The molecule has 2 aromatic carbocycles. The number of amides is 4. The van der Waals surface area contributed by atoms with Gasteiger partial charge in [-0.1, -0.05) is 60.7 Å². The van der Waals surface area contributed by atoms with E-state index in [1.807, 2.05) is 60.7 Å². The Morgan fingerprint density at radius 1 is 0.658 bits per heavy atom. The molecule has 2 rings (SSSR count). The van der Waals surface area contributed by atoms with Crippen LogP contribution in [0.2, 0.25) is 0 Å². The van der Waals surface area contributed by atoms with Crippen molar-refractivity contribution < 1.29 is 28.7 Å². The highest BCUT2D eigenvalue weighted by molar-refractivity contribution is 5.91. The molecule has 0 saturated heterocycles. The molecule has 4 amide bonds. The summed E-state index contributed by atoms with van der Waals surface area (Å²) in [6.07, 6.45) is 2.86. The zero-order valence-electron chi connectivity index (χ0n) is 22.3. The molecular weight excluding hydrogens is 488 g/mol. The second kappa shape index (κ2) is 15.7. The number of carbonyl (C=O) groups excluding carboxylic acids is 4.